The Morgan fingerprint density at radius 3 is 2.21 bits per heavy atom. The van der Waals surface area contributed by atoms with Crippen LogP contribution in [0, 0.1) is 0 Å². The fourth-order valence-electron chi connectivity index (χ4n) is 0.777. The topological polar surface area (TPSA) is 65.8 Å². The van der Waals surface area contributed by atoms with Crippen LogP contribution in [-0.4, -0.2) is 5.91 Å². The van der Waals surface area contributed by atoms with E-state index in [9.17, 15) is 4.79 Å². The maximum atomic E-state index is 11.1. The van der Waals surface area contributed by atoms with E-state index in [2.05, 4.69) is 10.0 Å². The Morgan fingerprint density at radius 2 is 1.79 bits per heavy atom. The molecule has 7 heteroatoms. The molecule has 0 bridgehead atoms. The van der Waals surface area contributed by atoms with Gasteiger partial charge in [0, 0.05) is 10.5 Å². The molecule has 0 spiro atoms. The lowest BCUT2D eigenvalue weighted by Gasteiger charge is -2.01. The first-order valence-electron chi connectivity index (χ1n) is 3.30. The summed E-state index contributed by atoms with van der Waals surface area (Å²) < 4.78 is 0. The van der Waals surface area contributed by atoms with Crippen LogP contribution in [0.1, 0.15) is 10.4 Å². The molecule has 0 saturated carbocycles. The Morgan fingerprint density at radius 1 is 1.29 bits per heavy atom. The predicted octanol–water partition coefficient (Wildman–Crippen LogP) is 4.10. The fraction of sp³-hybridized carbons (Fsp3) is 0. The summed E-state index contributed by atoms with van der Waals surface area (Å²) in [5, 5.41) is 3.32. The van der Waals surface area contributed by atoms with Crippen LogP contribution in [0.5, 0.6) is 0 Å². The zero-order chi connectivity index (χ0) is 10.7. The van der Waals surface area contributed by atoms with Crippen molar-refractivity contribution in [3.8, 4) is 0 Å². The third kappa shape index (κ3) is 2.30. The van der Waals surface area contributed by atoms with Crippen LogP contribution in [0.3, 0.4) is 0 Å². The second-order valence-corrected chi connectivity index (χ2v) is 3.44. The van der Waals surface area contributed by atoms with Gasteiger partial charge in [0.05, 0.1) is 15.1 Å². The van der Waals surface area contributed by atoms with Gasteiger partial charge in [0.2, 0.25) is 5.91 Å². The summed E-state index contributed by atoms with van der Waals surface area (Å²) in [6, 6.07) is 2.57. The van der Waals surface area contributed by atoms with Crippen LogP contribution in [0.15, 0.2) is 17.2 Å². The van der Waals surface area contributed by atoms with Crippen molar-refractivity contribution in [2.24, 2.45) is 5.11 Å². The Bertz CT molecular complexity index is 417. The summed E-state index contributed by atoms with van der Waals surface area (Å²) in [5.74, 6) is -0.757. The number of benzene rings is 1. The van der Waals surface area contributed by atoms with E-state index in [4.69, 9.17) is 40.3 Å². The maximum Gasteiger partial charge on any atom is 0.249 e. The van der Waals surface area contributed by atoms with Crippen molar-refractivity contribution in [2.75, 3.05) is 0 Å². The molecule has 0 N–H and O–H groups in total. The zero-order valence-corrected chi connectivity index (χ0v) is 8.81. The first-order valence-corrected chi connectivity index (χ1v) is 4.43. The Balaban J connectivity index is 3.25. The average Bonchev–Trinajstić information content (AvgIpc) is 2.13. The molecule has 0 unspecified atom stereocenters. The Hall–Kier alpha value is -0.930. The van der Waals surface area contributed by atoms with Gasteiger partial charge in [-0.2, -0.15) is 0 Å². The normalized spacial score (nSPS) is 9.36. The molecule has 0 aliphatic rings. The van der Waals surface area contributed by atoms with E-state index < -0.39 is 5.91 Å². The van der Waals surface area contributed by atoms with Gasteiger partial charge in [-0.1, -0.05) is 34.8 Å². The van der Waals surface area contributed by atoms with Crippen molar-refractivity contribution in [1.82, 2.24) is 0 Å². The Labute approximate surface area is 94.0 Å². The number of nitrogens with zero attached hydrogens (tertiary/aromatic N) is 3. The van der Waals surface area contributed by atoms with Crippen molar-refractivity contribution >= 4 is 40.7 Å². The molecular formula is C7H2Cl3N3O. The number of rotatable bonds is 1. The monoisotopic (exact) mass is 249 g/mol. The summed E-state index contributed by atoms with van der Waals surface area (Å²) in [7, 11) is 0. The highest BCUT2D eigenvalue weighted by atomic mass is 35.5. The second-order valence-electron chi connectivity index (χ2n) is 2.25. The molecule has 1 aromatic carbocycles. The van der Waals surface area contributed by atoms with Crippen LogP contribution in [0.4, 0.5) is 0 Å². The van der Waals surface area contributed by atoms with Crippen LogP contribution in [0.25, 0.3) is 10.4 Å². The molecule has 0 aliphatic carbocycles. The first-order chi connectivity index (χ1) is 6.56. The molecule has 1 amide bonds. The summed E-state index contributed by atoms with van der Waals surface area (Å²) >= 11 is 17.0. The minimum atomic E-state index is -0.757. The number of amides is 1. The lowest BCUT2D eigenvalue weighted by atomic mass is 10.2. The highest BCUT2D eigenvalue weighted by Gasteiger charge is 2.10. The zero-order valence-electron chi connectivity index (χ0n) is 6.54. The lowest BCUT2D eigenvalue weighted by Crippen LogP contribution is -1.93. The van der Waals surface area contributed by atoms with Crippen molar-refractivity contribution in [3.05, 3.63) is 43.2 Å². The van der Waals surface area contributed by atoms with Crippen LogP contribution < -0.4 is 0 Å². The van der Waals surface area contributed by atoms with E-state index in [1.807, 2.05) is 0 Å². The van der Waals surface area contributed by atoms with Gasteiger partial charge in [-0.05, 0) is 22.8 Å². The standard InChI is InChI=1S/C7H2Cl3N3O/c8-4-1-3(7(14)12-13-11)2-5(9)6(4)10/h1-2H. The molecule has 0 fully saturated rings. The van der Waals surface area contributed by atoms with Gasteiger partial charge in [0.25, 0.3) is 0 Å². The molecule has 4 nitrogen and oxygen atoms in total. The van der Waals surface area contributed by atoms with E-state index in [0.717, 1.165) is 0 Å². The second kappa shape index (κ2) is 4.53. The molecular weight excluding hydrogens is 248 g/mol. The predicted molar refractivity (Wildman–Crippen MR) is 54.9 cm³/mol. The highest BCUT2D eigenvalue weighted by molar-refractivity contribution is 6.48. The molecule has 0 saturated heterocycles. The lowest BCUT2D eigenvalue weighted by molar-refractivity contribution is 0.100. The van der Waals surface area contributed by atoms with Crippen LogP contribution in [-0.2, 0) is 0 Å². The van der Waals surface area contributed by atoms with Gasteiger partial charge in [-0.25, -0.2) is 0 Å². The first kappa shape index (κ1) is 11.1. The third-order valence-electron chi connectivity index (χ3n) is 1.37. The number of halogens is 3. The summed E-state index contributed by atoms with van der Waals surface area (Å²) in [6.07, 6.45) is 0. The highest BCUT2D eigenvalue weighted by Crippen LogP contribution is 2.31. The molecule has 0 radical (unpaired) electrons. The fourth-order valence-corrected chi connectivity index (χ4v) is 1.37. The van der Waals surface area contributed by atoms with E-state index >= 15 is 0 Å². The van der Waals surface area contributed by atoms with Crippen LogP contribution in [0.2, 0.25) is 15.1 Å². The van der Waals surface area contributed by atoms with E-state index in [1.165, 1.54) is 12.1 Å². The smallest absolute Gasteiger partial charge is 0.249 e. The number of carbonyl (C=O) groups is 1. The molecule has 0 heterocycles. The number of hydrogen-bond donors (Lipinski definition) is 0. The van der Waals surface area contributed by atoms with Gasteiger partial charge in [0.15, 0.2) is 0 Å². The van der Waals surface area contributed by atoms with Crippen molar-refractivity contribution < 1.29 is 4.79 Å². The Kier molecular flexibility index (Phi) is 3.61. The average molecular weight is 250 g/mol. The number of carbonyl (C=O) groups excluding carboxylic acids is 1. The van der Waals surface area contributed by atoms with E-state index in [1.54, 1.807) is 0 Å². The van der Waals surface area contributed by atoms with E-state index in [-0.39, 0.29) is 20.6 Å². The van der Waals surface area contributed by atoms with Crippen LogP contribution >= 0.6 is 34.8 Å². The molecule has 14 heavy (non-hydrogen) atoms. The maximum absolute atomic E-state index is 11.1. The van der Waals surface area contributed by atoms with Gasteiger partial charge in [-0.15, -0.1) is 0 Å². The summed E-state index contributed by atoms with van der Waals surface area (Å²) in [6.45, 7) is 0. The minimum absolute atomic E-state index is 0.0993. The largest absolute Gasteiger partial charge is 0.287 e. The SMILES string of the molecule is [N-]=[N+]=NC(=O)c1cc(Cl)c(Cl)c(Cl)c1. The number of hydrogen-bond acceptors (Lipinski definition) is 1. The van der Waals surface area contributed by atoms with Gasteiger partial charge in [-0.3, -0.25) is 4.79 Å². The molecule has 0 aromatic heterocycles. The molecule has 0 aliphatic heterocycles. The summed E-state index contributed by atoms with van der Waals surface area (Å²) in [5.41, 5.74) is 8.14. The summed E-state index contributed by atoms with van der Waals surface area (Å²) in [4.78, 5) is 13.4. The van der Waals surface area contributed by atoms with Gasteiger partial charge < -0.3 is 0 Å². The molecule has 72 valence electrons. The van der Waals surface area contributed by atoms with Crippen molar-refractivity contribution in [1.29, 1.82) is 0 Å². The van der Waals surface area contributed by atoms with Gasteiger partial charge in [0.1, 0.15) is 0 Å². The molecule has 0 atom stereocenters. The van der Waals surface area contributed by atoms with Crippen molar-refractivity contribution in [2.45, 2.75) is 0 Å². The number of azide groups is 1. The molecule has 1 rings (SSSR count). The minimum Gasteiger partial charge on any atom is -0.287 e. The van der Waals surface area contributed by atoms with E-state index in [0.29, 0.717) is 0 Å². The molecule has 1 aromatic rings. The quantitative estimate of drug-likeness (QED) is 0.320. The van der Waals surface area contributed by atoms with Crippen molar-refractivity contribution in [3.63, 3.8) is 0 Å². The third-order valence-corrected chi connectivity index (χ3v) is 2.56. The van der Waals surface area contributed by atoms with Gasteiger partial charge >= 0.3 is 0 Å².